The maximum Gasteiger partial charge on any atom is 0.508 e. The molecular weight excluding hydrogens is 356 g/mol. The number of rotatable bonds is 7. The zero-order valence-electron chi connectivity index (χ0n) is 15.9. The smallest absolute Gasteiger partial charge is 0.432 e. The van der Waals surface area contributed by atoms with Gasteiger partial charge in [-0.05, 0) is 25.8 Å². The highest BCUT2D eigenvalue weighted by atomic mass is 16.7. The van der Waals surface area contributed by atoms with Crippen molar-refractivity contribution in [2.45, 2.75) is 38.2 Å². The summed E-state index contributed by atoms with van der Waals surface area (Å²) in [7, 11) is 2.54. The molecule has 3 unspecified atom stereocenters. The van der Waals surface area contributed by atoms with E-state index in [1.807, 2.05) is 0 Å². The Hall–Kier alpha value is -2.43. The molecule has 10 heteroatoms. The second-order valence-electron chi connectivity index (χ2n) is 5.61. The van der Waals surface area contributed by atoms with Crippen LogP contribution in [0.1, 0.15) is 19.8 Å². The van der Waals surface area contributed by atoms with Gasteiger partial charge >= 0.3 is 6.16 Å². The van der Waals surface area contributed by atoms with Gasteiger partial charge in [0.05, 0.1) is 12.7 Å². The van der Waals surface area contributed by atoms with Gasteiger partial charge in [-0.1, -0.05) is 12.7 Å². The zero-order valence-corrected chi connectivity index (χ0v) is 15.9. The Balaban J connectivity index is 0.00000176. The lowest BCUT2D eigenvalue weighted by Gasteiger charge is -2.29. The third-order valence-electron chi connectivity index (χ3n) is 3.60. The molecule has 3 N–H and O–H groups in total. The maximum absolute atomic E-state index is 11.6. The molecule has 1 saturated heterocycles. The Kier molecular flexibility index (Phi) is 10.1. The van der Waals surface area contributed by atoms with Crippen LogP contribution in [-0.2, 0) is 18.9 Å². The van der Waals surface area contributed by atoms with E-state index in [0.29, 0.717) is 24.6 Å². The summed E-state index contributed by atoms with van der Waals surface area (Å²) in [5.74, 6) is 0.342. The SMILES string of the molecule is C=C/C=C1/C(N)=NC=NN1C1CCC(COC(=O)OC(C)COC)O1.CO. The van der Waals surface area contributed by atoms with Gasteiger partial charge in [-0.3, -0.25) is 0 Å². The third kappa shape index (κ3) is 7.00. The molecule has 0 aliphatic carbocycles. The van der Waals surface area contributed by atoms with Crippen molar-refractivity contribution in [2.75, 3.05) is 27.4 Å². The summed E-state index contributed by atoms with van der Waals surface area (Å²) in [4.78, 5) is 15.6. The molecule has 2 aliphatic heterocycles. The quantitative estimate of drug-likeness (QED) is 0.622. The predicted octanol–water partition coefficient (Wildman–Crippen LogP) is 0.974. The summed E-state index contributed by atoms with van der Waals surface area (Å²) in [6, 6.07) is 0. The van der Waals surface area contributed by atoms with Crippen molar-refractivity contribution in [2.24, 2.45) is 15.8 Å². The summed E-state index contributed by atoms with van der Waals surface area (Å²) in [6.07, 6.45) is 4.47. The van der Waals surface area contributed by atoms with Gasteiger partial charge in [-0.25, -0.2) is 14.8 Å². The van der Waals surface area contributed by atoms with E-state index in [0.717, 1.165) is 13.5 Å². The number of aliphatic hydroxyl groups is 1. The second kappa shape index (κ2) is 12.0. The first-order valence-electron chi connectivity index (χ1n) is 8.45. The summed E-state index contributed by atoms with van der Waals surface area (Å²) in [6.45, 7) is 5.81. The Bertz CT molecular complexity index is 578. The highest BCUT2D eigenvalue weighted by molar-refractivity contribution is 6.01. The van der Waals surface area contributed by atoms with Gasteiger partial charge < -0.3 is 29.8 Å². The molecule has 0 saturated carbocycles. The van der Waals surface area contributed by atoms with Crippen LogP contribution >= 0.6 is 0 Å². The highest BCUT2D eigenvalue weighted by Crippen LogP contribution is 2.27. The highest BCUT2D eigenvalue weighted by Gasteiger charge is 2.33. The van der Waals surface area contributed by atoms with Gasteiger partial charge in [0.2, 0.25) is 0 Å². The van der Waals surface area contributed by atoms with Gasteiger partial charge in [-0.15, -0.1) is 0 Å². The van der Waals surface area contributed by atoms with Crippen LogP contribution < -0.4 is 5.73 Å². The summed E-state index contributed by atoms with van der Waals surface area (Å²) >= 11 is 0. The molecule has 152 valence electrons. The standard InChI is InChI=1S/C16H24N4O5.CH4O/c1-4-5-13-15(17)18-10-19-20(13)14-7-6-12(25-14)9-23-16(21)24-11(2)8-22-3;1-2/h4-5,10-12,14H,1,6-9H2,2-3H3,(H2,17,18,19);2H,1H3/b13-5-;. The molecule has 2 heterocycles. The number of ether oxygens (including phenoxy) is 4. The second-order valence-corrected chi connectivity index (χ2v) is 5.61. The fourth-order valence-electron chi connectivity index (χ4n) is 2.51. The first kappa shape index (κ1) is 22.6. The molecule has 2 aliphatic rings. The van der Waals surface area contributed by atoms with E-state index in [9.17, 15) is 4.79 Å². The third-order valence-corrected chi connectivity index (χ3v) is 3.60. The van der Waals surface area contributed by atoms with E-state index in [1.54, 1.807) is 24.1 Å². The molecule has 0 radical (unpaired) electrons. The number of carbonyl (C=O) groups excluding carboxylic acids is 1. The molecule has 27 heavy (non-hydrogen) atoms. The maximum atomic E-state index is 11.6. The van der Waals surface area contributed by atoms with Crippen LogP contribution in [0.5, 0.6) is 0 Å². The minimum Gasteiger partial charge on any atom is -0.432 e. The van der Waals surface area contributed by atoms with Gasteiger partial charge in [-0.2, -0.15) is 5.10 Å². The van der Waals surface area contributed by atoms with Crippen LogP contribution in [0, 0.1) is 0 Å². The number of methoxy groups -OCH3 is 1. The number of nitrogens with two attached hydrogens (primary N) is 1. The van der Waals surface area contributed by atoms with Crippen molar-refractivity contribution < 1.29 is 28.8 Å². The Labute approximate surface area is 158 Å². The molecule has 0 aromatic rings. The van der Waals surface area contributed by atoms with Crippen molar-refractivity contribution in [3.05, 3.63) is 24.4 Å². The number of carbonyl (C=O) groups is 1. The van der Waals surface area contributed by atoms with Crippen molar-refractivity contribution in [3.8, 4) is 0 Å². The average Bonchev–Trinajstić information content (AvgIpc) is 3.12. The normalized spacial score (nSPS) is 23.9. The lowest BCUT2D eigenvalue weighted by Crippen LogP contribution is -2.38. The van der Waals surface area contributed by atoms with Gasteiger partial charge in [0, 0.05) is 14.2 Å². The van der Waals surface area contributed by atoms with Crippen LogP contribution in [0.3, 0.4) is 0 Å². The van der Waals surface area contributed by atoms with Crippen LogP contribution in [0.15, 0.2) is 34.5 Å². The van der Waals surface area contributed by atoms with Crippen LogP contribution in [0.2, 0.25) is 0 Å². The van der Waals surface area contributed by atoms with E-state index in [4.69, 9.17) is 29.8 Å². The molecular formula is C17H28N4O6. The van der Waals surface area contributed by atoms with E-state index in [1.165, 1.54) is 13.4 Å². The predicted molar refractivity (Wildman–Crippen MR) is 100 cm³/mol. The number of hydrazone groups is 1. The number of aliphatic imine (C=N–C) groups is 1. The summed E-state index contributed by atoms with van der Waals surface area (Å²) in [5, 5.41) is 12.9. The first-order chi connectivity index (χ1) is 13.0. The topological polar surface area (TPSA) is 128 Å². The Morgan fingerprint density at radius 2 is 2.30 bits per heavy atom. The minimum absolute atomic E-state index is 0.108. The van der Waals surface area contributed by atoms with Crippen LogP contribution in [0.4, 0.5) is 4.79 Å². The number of hydrogen-bond acceptors (Lipinski definition) is 10. The number of aliphatic hydroxyl groups excluding tert-OH is 1. The molecule has 0 aromatic heterocycles. The largest absolute Gasteiger partial charge is 0.508 e. The average molecular weight is 384 g/mol. The Morgan fingerprint density at radius 1 is 1.56 bits per heavy atom. The van der Waals surface area contributed by atoms with E-state index in [-0.39, 0.29) is 25.0 Å². The van der Waals surface area contributed by atoms with Crippen molar-refractivity contribution in [3.63, 3.8) is 0 Å². The molecule has 3 atom stereocenters. The van der Waals surface area contributed by atoms with E-state index in [2.05, 4.69) is 16.7 Å². The summed E-state index contributed by atoms with van der Waals surface area (Å²) in [5.41, 5.74) is 6.50. The molecule has 10 nitrogen and oxygen atoms in total. The summed E-state index contributed by atoms with van der Waals surface area (Å²) < 4.78 is 20.9. The first-order valence-corrected chi connectivity index (χ1v) is 8.45. The van der Waals surface area contributed by atoms with Gasteiger partial charge in [0.25, 0.3) is 0 Å². The van der Waals surface area contributed by atoms with Gasteiger partial charge in [0.15, 0.2) is 12.1 Å². The molecule has 0 spiro atoms. The van der Waals surface area contributed by atoms with E-state index >= 15 is 0 Å². The number of hydrogen-bond donors (Lipinski definition) is 2. The monoisotopic (exact) mass is 384 g/mol. The molecule has 0 amide bonds. The Morgan fingerprint density at radius 3 is 2.96 bits per heavy atom. The van der Waals surface area contributed by atoms with E-state index < -0.39 is 6.16 Å². The zero-order chi connectivity index (χ0) is 20.2. The van der Waals surface area contributed by atoms with Crippen molar-refractivity contribution >= 4 is 18.3 Å². The number of amidine groups is 1. The number of allylic oxidation sites excluding steroid dienone is 2. The molecule has 0 bridgehead atoms. The van der Waals surface area contributed by atoms with Crippen LogP contribution in [0.25, 0.3) is 0 Å². The molecule has 1 fully saturated rings. The minimum atomic E-state index is -0.740. The van der Waals surface area contributed by atoms with Gasteiger partial charge in [0.1, 0.15) is 24.7 Å². The fourth-order valence-corrected chi connectivity index (χ4v) is 2.51. The number of nitrogens with zero attached hydrogens (tertiary/aromatic N) is 3. The molecule has 2 rings (SSSR count). The fraction of sp³-hybridized carbons (Fsp3) is 0.588. The van der Waals surface area contributed by atoms with Crippen molar-refractivity contribution in [1.82, 2.24) is 5.01 Å². The van der Waals surface area contributed by atoms with Crippen LogP contribution in [-0.4, -0.2) is 74.3 Å². The molecule has 0 aromatic carbocycles. The van der Waals surface area contributed by atoms with Crippen molar-refractivity contribution in [1.29, 1.82) is 0 Å². The lowest BCUT2D eigenvalue weighted by atomic mass is 10.2. The lowest BCUT2D eigenvalue weighted by molar-refractivity contribution is -0.0665.